The molecule has 0 aromatic heterocycles. The smallest absolute Gasteiger partial charge is 0.328 e. The Balaban J connectivity index is 1.75. The van der Waals surface area contributed by atoms with E-state index in [4.69, 9.17) is 0 Å². The zero-order chi connectivity index (χ0) is 20.0. The van der Waals surface area contributed by atoms with Crippen molar-refractivity contribution in [2.75, 3.05) is 32.7 Å². The lowest BCUT2D eigenvalue weighted by molar-refractivity contribution is -0.138. The van der Waals surface area contributed by atoms with Crippen molar-refractivity contribution < 1.29 is 22.8 Å². The van der Waals surface area contributed by atoms with Crippen LogP contribution >= 0.6 is 0 Å². The molecule has 2 rings (SSSR count). The second-order valence-electron chi connectivity index (χ2n) is 6.31. The lowest BCUT2D eigenvalue weighted by Crippen LogP contribution is -2.50. The Morgan fingerprint density at radius 2 is 1.56 bits per heavy atom. The summed E-state index contributed by atoms with van der Waals surface area (Å²) in [6, 6.07) is 5.21. The van der Waals surface area contributed by atoms with Gasteiger partial charge in [0.05, 0.1) is 4.90 Å². The minimum absolute atomic E-state index is 0.0114. The first-order chi connectivity index (χ1) is 12.7. The molecule has 0 bridgehead atoms. The van der Waals surface area contributed by atoms with Gasteiger partial charge in [-0.15, -0.1) is 0 Å². The maximum atomic E-state index is 12.1. The van der Waals surface area contributed by atoms with Gasteiger partial charge in [0, 0.05) is 46.1 Å². The van der Waals surface area contributed by atoms with Gasteiger partial charge in [0.15, 0.2) is 0 Å². The summed E-state index contributed by atoms with van der Waals surface area (Å²) in [6.07, 6.45) is 0.0536. The van der Waals surface area contributed by atoms with Crippen LogP contribution in [0.4, 0.5) is 4.79 Å². The minimum Gasteiger partial charge on any atom is -0.339 e. The van der Waals surface area contributed by atoms with Gasteiger partial charge >= 0.3 is 6.03 Å². The molecule has 0 radical (unpaired) electrons. The summed E-state index contributed by atoms with van der Waals surface area (Å²) in [5.74, 6) is -0.171. The zero-order valence-electron chi connectivity index (χ0n) is 15.4. The quantitative estimate of drug-likeness (QED) is 0.730. The Bertz CT molecular complexity index is 799. The number of carbonyl (C=O) groups is 3. The van der Waals surface area contributed by atoms with Crippen molar-refractivity contribution >= 4 is 27.9 Å². The fourth-order valence-corrected chi connectivity index (χ4v) is 3.57. The van der Waals surface area contributed by atoms with Crippen LogP contribution in [0, 0.1) is 6.92 Å². The van der Waals surface area contributed by atoms with E-state index < -0.39 is 16.1 Å². The van der Waals surface area contributed by atoms with E-state index in [2.05, 4.69) is 5.32 Å². The SMILES string of the molecule is CC(=O)N1CCN(C(=O)CCNC(=O)NS(=O)(=O)c2ccc(C)cc2)CC1. The number of nitrogens with one attached hydrogen (secondary N) is 2. The molecule has 1 heterocycles. The molecule has 10 heteroatoms. The third-order valence-electron chi connectivity index (χ3n) is 4.26. The monoisotopic (exact) mass is 396 g/mol. The second-order valence-corrected chi connectivity index (χ2v) is 7.99. The molecule has 0 aliphatic carbocycles. The molecule has 1 aliphatic heterocycles. The molecule has 27 heavy (non-hydrogen) atoms. The number of urea groups is 1. The molecule has 1 aromatic rings. The van der Waals surface area contributed by atoms with Gasteiger partial charge in [0.1, 0.15) is 0 Å². The van der Waals surface area contributed by atoms with Crippen LogP contribution in [-0.2, 0) is 19.6 Å². The van der Waals surface area contributed by atoms with E-state index in [0.717, 1.165) is 5.56 Å². The third-order valence-corrected chi connectivity index (χ3v) is 5.61. The number of rotatable bonds is 5. The Hall–Kier alpha value is -2.62. The van der Waals surface area contributed by atoms with Gasteiger partial charge in [0.25, 0.3) is 10.0 Å². The summed E-state index contributed by atoms with van der Waals surface area (Å²) in [5.41, 5.74) is 0.904. The highest BCUT2D eigenvalue weighted by Gasteiger charge is 2.22. The van der Waals surface area contributed by atoms with Crippen molar-refractivity contribution in [3.05, 3.63) is 29.8 Å². The zero-order valence-corrected chi connectivity index (χ0v) is 16.2. The van der Waals surface area contributed by atoms with E-state index >= 15 is 0 Å². The van der Waals surface area contributed by atoms with Crippen molar-refractivity contribution in [3.8, 4) is 0 Å². The van der Waals surface area contributed by atoms with Crippen molar-refractivity contribution in [2.24, 2.45) is 0 Å². The molecule has 1 fully saturated rings. The molecule has 1 aromatic carbocycles. The predicted molar refractivity (Wildman–Crippen MR) is 98.4 cm³/mol. The molecule has 0 atom stereocenters. The van der Waals surface area contributed by atoms with Crippen molar-refractivity contribution in [1.29, 1.82) is 0 Å². The largest absolute Gasteiger partial charge is 0.339 e. The van der Waals surface area contributed by atoms with Crippen LogP contribution in [0.3, 0.4) is 0 Å². The van der Waals surface area contributed by atoms with E-state index in [9.17, 15) is 22.8 Å². The standard InChI is InChI=1S/C17H24N4O5S/c1-13-3-5-15(6-4-13)27(25,26)19-17(24)18-8-7-16(23)21-11-9-20(10-12-21)14(2)22/h3-6H,7-12H2,1-2H3,(H2,18,19,24). The van der Waals surface area contributed by atoms with E-state index in [1.807, 2.05) is 11.6 Å². The van der Waals surface area contributed by atoms with Crippen LogP contribution < -0.4 is 10.0 Å². The molecule has 0 spiro atoms. The van der Waals surface area contributed by atoms with E-state index in [1.165, 1.54) is 19.1 Å². The summed E-state index contributed by atoms with van der Waals surface area (Å²) in [7, 11) is -3.96. The number of hydrogen-bond acceptors (Lipinski definition) is 5. The second kappa shape index (κ2) is 8.85. The van der Waals surface area contributed by atoms with E-state index in [1.54, 1.807) is 21.9 Å². The third kappa shape index (κ3) is 5.95. The molecule has 4 amide bonds. The predicted octanol–water partition coefficient (Wildman–Crippen LogP) is 0.0637. The maximum absolute atomic E-state index is 12.1. The number of nitrogens with zero attached hydrogens (tertiary/aromatic N) is 2. The number of hydrogen-bond donors (Lipinski definition) is 2. The van der Waals surface area contributed by atoms with Gasteiger partial charge in [-0.2, -0.15) is 0 Å². The number of piperazine rings is 1. The highest BCUT2D eigenvalue weighted by molar-refractivity contribution is 7.90. The number of sulfonamides is 1. The van der Waals surface area contributed by atoms with Crippen LogP contribution in [0.2, 0.25) is 0 Å². The molecule has 0 unspecified atom stereocenters. The number of benzene rings is 1. The van der Waals surface area contributed by atoms with Crippen molar-refractivity contribution in [2.45, 2.75) is 25.2 Å². The van der Waals surface area contributed by atoms with Gasteiger partial charge in [0.2, 0.25) is 11.8 Å². The summed E-state index contributed by atoms with van der Waals surface area (Å²) in [5, 5.41) is 2.38. The average molecular weight is 396 g/mol. The van der Waals surface area contributed by atoms with E-state index in [0.29, 0.717) is 26.2 Å². The average Bonchev–Trinajstić information content (AvgIpc) is 2.61. The Kier molecular flexibility index (Phi) is 6.78. The highest BCUT2D eigenvalue weighted by atomic mass is 32.2. The Morgan fingerprint density at radius 3 is 2.11 bits per heavy atom. The van der Waals surface area contributed by atoms with Gasteiger partial charge in [-0.25, -0.2) is 17.9 Å². The lowest BCUT2D eigenvalue weighted by Gasteiger charge is -2.34. The summed E-state index contributed by atoms with van der Waals surface area (Å²) in [4.78, 5) is 38.5. The topological polar surface area (TPSA) is 116 Å². The van der Waals surface area contributed by atoms with Gasteiger partial charge < -0.3 is 15.1 Å². The van der Waals surface area contributed by atoms with E-state index in [-0.39, 0.29) is 29.7 Å². The van der Waals surface area contributed by atoms with Crippen molar-refractivity contribution in [1.82, 2.24) is 19.8 Å². The highest BCUT2D eigenvalue weighted by Crippen LogP contribution is 2.09. The van der Waals surface area contributed by atoms with Gasteiger partial charge in [-0.05, 0) is 19.1 Å². The molecular weight excluding hydrogens is 372 g/mol. The van der Waals surface area contributed by atoms with Gasteiger partial charge in [-0.3, -0.25) is 9.59 Å². The molecule has 148 valence electrons. The van der Waals surface area contributed by atoms with Crippen molar-refractivity contribution in [3.63, 3.8) is 0 Å². The summed E-state index contributed by atoms with van der Waals surface area (Å²) < 4.78 is 26.1. The molecule has 9 nitrogen and oxygen atoms in total. The van der Waals surface area contributed by atoms with Crippen LogP contribution in [0.1, 0.15) is 18.9 Å². The summed E-state index contributed by atoms with van der Waals surface area (Å²) >= 11 is 0. The summed E-state index contributed by atoms with van der Waals surface area (Å²) in [6.45, 7) is 5.21. The first-order valence-corrected chi connectivity index (χ1v) is 10.1. The molecule has 1 saturated heterocycles. The van der Waals surface area contributed by atoms with Crippen LogP contribution in [0.25, 0.3) is 0 Å². The first kappa shape index (κ1) is 20.7. The van der Waals surface area contributed by atoms with Crippen LogP contribution in [-0.4, -0.2) is 68.8 Å². The molecular formula is C17H24N4O5S. The molecule has 0 saturated carbocycles. The number of carbonyl (C=O) groups excluding carboxylic acids is 3. The first-order valence-electron chi connectivity index (χ1n) is 8.59. The maximum Gasteiger partial charge on any atom is 0.328 e. The van der Waals surface area contributed by atoms with Crippen LogP contribution in [0.15, 0.2) is 29.2 Å². The Labute approximate surface area is 158 Å². The fraction of sp³-hybridized carbons (Fsp3) is 0.471. The normalized spacial score (nSPS) is 14.6. The Morgan fingerprint density at radius 1 is 1.00 bits per heavy atom. The lowest BCUT2D eigenvalue weighted by atomic mass is 10.2. The van der Waals surface area contributed by atoms with Gasteiger partial charge in [-0.1, -0.05) is 17.7 Å². The minimum atomic E-state index is -3.96. The fourth-order valence-electron chi connectivity index (χ4n) is 2.65. The number of aryl methyl sites for hydroxylation is 1. The molecule has 1 aliphatic rings. The number of amides is 4. The van der Waals surface area contributed by atoms with Crippen LogP contribution in [0.5, 0.6) is 0 Å². The molecule has 2 N–H and O–H groups in total.